The lowest BCUT2D eigenvalue weighted by Crippen LogP contribution is -1.98. The zero-order valence-corrected chi connectivity index (χ0v) is 25.9. The predicted molar refractivity (Wildman–Crippen MR) is 170 cm³/mol. The minimum absolute atomic E-state index is 0.132. The van der Waals surface area contributed by atoms with E-state index < -0.39 is 0 Å². The molecule has 0 atom stereocenters. The number of rotatable bonds is 5. The first-order valence-corrected chi connectivity index (χ1v) is 13.9. The van der Waals surface area contributed by atoms with Gasteiger partial charge in [-0.3, -0.25) is 0 Å². The van der Waals surface area contributed by atoms with Crippen molar-refractivity contribution in [3.05, 3.63) is 130 Å². The summed E-state index contributed by atoms with van der Waals surface area (Å²) in [4.78, 5) is 8.81. The second kappa shape index (κ2) is 18.5. The van der Waals surface area contributed by atoms with Gasteiger partial charge >= 0.3 is 0 Å². The maximum absolute atomic E-state index is 12.3. The maximum Gasteiger partial charge on any atom is 0.126 e. The van der Waals surface area contributed by atoms with Crippen LogP contribution in [0.1, 0.15) is 55.6 Å². The molecule has 0 unspecified atom stereocenters. The van der Waals surface area contributed by atoms with E-state index in [1.807, 2.05) is 42.8 Å². The van der Waals surface area contributed by atoms with Crippen LogP contribution >= 0.6 is 15.9 Å². The monoisotopic (exact) mass is 606 g/mol. The second-order valence-corrected chi connectivity index (χ2v) is 9.68. The van der Waals surface area contributed by atoms with Crippen LogP contribution in [0.25, 0.3) is 11.3 Å². The largest absolute Gasteiger partial charge is 0.507 e. The molecule has 1 heterocycles. The van der Waals surface area contributed by atoms with Gasteiger partial charge in [0.1, 0.15) is 17.9 Å². The molecule has 6 heteroatoms. The van der Waals surface area contributed by atoms with Gasteiger partial charge in [0.05, 0.1) is 16.4 Å². The van der Waals surface area contributed by atoms with E-state index >= 15 is 0 Å². The normalized spacial score (nSPS) is 10.2. The van der Waals surface area contributed by atoms with E-state index in [2.05, 4.69) is 65.7 Å². The van der Waals surface area contributed by atoms with Gasteiger partial charge in [0, 0.05) is 11.3 Å². The molecule has 4 aromatic rings. The van der Waals surface area contributed by atoms with E-state index in [-0.39, 0.29) is 11.6 Å². The fourth-order valence-electron chi connectivity index (χ4n) is 3.44. The number of aromatic hydroxyl groups is 1. The highest BCUT2D eigenvalue weighted by molar-refractivity contribution is 9.10. The summed E-state index contributed by atoms with van der Waals surface area (Å²) in [5.41, 5.74) is 7.00. The van der Waals surface area contributed by atoms with Gasteiger partial charge in [-0.15, -0.1) is 0 Å². The van der Waals surface area contributed by atoms with Gasteiger partial charge in [-0.2, -0.15) is 5.10 Å². The number of hydrogen-bond acceptors (Lipinski definition) is 3. The average Bonchev–Trinajstić information content (AvgIpc) is 3.29. The molecule has 212 valence electrons. The SMILES string of the molecule is C=C(/C=C(/C)n1ncc(Br)c1C)c1ccccc1O.CC=O.CCc1ccc(CC)cc1.Cc1ccccc1F. The van der Waals surface area contributed by atoms with Gasteiger partial charge in [-0.25, -0.2) is 9.07 Å². The van der Waals surface area contributed by atoms with Crippen molar-refractivity contribution in [2.24, 2.45) is 0 Å². The number of aryl methyl sites for hydroxylation is 3. The van der Waals surface area contributed by atoms with E-state index in [1.165, 1.54) is 24.1 Å². The molecular formula is C34H40BrFN2O2. The van der Waals surface area contributed by atoms with Crippen LogP contribution in [0.2, 0.25) is 0 Å². The van der Waals surface area contributed by atoms with Crippen molar-refractivity contribution in [3.8, 4) is 5.75 Å². The third kappa shape index (κ3) is 11.5. The van der Waals surface area contributed by atoms with Crippen LogP contribution in [0.4, 0.5) is 4.39 Å². The number of carbonyl (C=O) groups excluding carboxylic acids is 1. The van der Waals surface area contributed by atoms with Gasteiger partial charge in [-0.05, 0) is 96.9 Å². The number of carbonyl (C=O) groups is 1. The van der Waals surface area contributed by atoms with Gasteiger partial charge in [0.25, 0.3) is 0 Å². The first kappa shape index (κ1) is 34.3. The van der Waals surface area contributed by atoms with E-state index in [4.69, 9.17) is 4.79 Å². The number of para-hydroxylation sites is 1. The highest BCUT2D eigenvalue weighted by Gasteiger charge is 2.07. The van der Waals surface area contributed by atoms with Crippen molar-refractivity contribution >= 4 is 33.5 Å². The molecule has 0 radical (unpaired) electrons. The van der Waals surface area contributed by atoms with Crippen LogP contribution in [0, 0.1) is 19.7 Å². The zero-order valence-electron chi connectivity index (χ0n) is 24.3. The molecule has 0 amide bonds. The lowest BCUT2D eigenvalue weighted by molar-refractivity contribution is -0.106. The van der Waals surface area contributed by atoms with Crippen LogP contribution in [0.15, 0.2) is 96.1 Å². The lowest BCUT2D eigenvalue weighted by Gasteiger charge is -2.08. The first-order chi connectivity index (χ1) is 19.1. The number of aldehydes is 1. The molecular weight excluding hydrogens is 567 g/mol. The van der Waals surface area contributed by atoms with Crippen LogP contribution in [0.5, 0.6) is 5.75 Å². The third-order valence-corrected chi connectivity index (χ3v) is 6.61. The van der Waals surface area contributed by atoms with E-state index in [0.29, 0.717) is 5.56 Å². The number of benzene rings is 3. The fraction of sp³-hybridized carbons (Fsp3) is 0.235. The Labute approximate surface area is 247 Å². The average molecular weight is 608 g/mol. The van der Waals surface area contributed by atoms with Crippen molar-refractivity contribution in [2.45, 2.75) is 54.4 Å². The minimum atomic E-state index is -0.132. The Kier molecular flexibility index (Phi) is 15.8. The molecule has 1 N–H and O–H groups in total. The molecule has 0 aliphatic rings. The van der Waals surface area contributed by atoms with Crippen molar-refractivity contribution in [1.82, 2.24) is 9.78 Å². The zero-order chi connectivity index (χ0) is 30.1. The Hall–Kier alpha value is -3.77. The van der Waals surface area contributed by atoms with Crippen molar-refractivity contribution < 1.29 is 14.3 Å². The smallest absolute Gasteiger partial charge is 0.126 e. The summed E-state index contributed by atoms with van der Waals surface area (Å²) in [7, 11) is 0. The summed E-state index contributed by atoms with van der Waals surface area (Å²) in [6.45, 7) is 15.5. The van der Waals surface area contributed by atoms with Gasteiger partial charge < -0.3 is 9.90 Å². The summed E-state index contributed by atoms with van der Waals surface area (Å²) in [6.07, 6.45) is 6.70. The number of phenolic OH excluding ortho intramolecular Hbond substituents is 1. The van der Waals surface area contributed by atoms with E-state index in [0.717, 1.165) is 46.1 Å². The topological polar surface area (TPSA) is 55.1 Å². The third-order valence-electron chi connectivity index (χ3n) is 5.83. The Morgan fingerprint density at radius 2 is 1.48 bits per heavy atom. The Morgan fingerprint density at radius 1 is 0.975 bits per heavy atom. The molecule has 0 aliphatic heterocycles. The first-order valence-electron chi connectivity index (χ1n) is 13.1. The Balaban J connectivity index is 0.000000318. The summed E-state index contributed by atoms with van der Waals surface area (Å²) in [5, 5.41) is 14.1. The summed E-state index contributed by atoms with van der Waals surface area (Å²) in [6, 6.07) is 22.7. The molecule has 0 spiro atoms. The molecule has 1 aromatic heterocycles. The number of hydrogen-bond donors (Lipinski definition) is 1. The van der Waals surface area contributed by atoms with Crippen molar-refractivity contribution in [1.29, 1.82) is 0 Å². The molecule has 0 saturated heterocycles. The number of aromatic nitrogens is 2. The molecule has 3 aromatic carbocycles. The quantitative estimate of drug-likeness (QED) is 0.182. The molecule has 4 rings (SSSR count). The van der Waals surface area contributed by atoms with Crippen LogP contribution in [-0.4, -0.2) is 21.2 Å². The number of phenols is 1. The Morgan fingerprint density at radius 3 is 1.88 bits per heavy atom. The lowest BCUT2D eigenvalue weighted by atomic mass is 10.1. The number of allylic oxidation sites excluding steroid dienone is 3. The standard InChI is InChI=1S/C15H15BrN2O.C10H14.C7H7F.C2H4O/c1-10(13-6-4-5-7-15(13)19)8-11(2)18-12(3)14(16)9-17-18;1-3-9-5-7-10(4-2)8-6-9;1-6-4-2-3-5-7(6)8;1-2-3/h4-9,19H,1H2,2-3H3;5-8H,3-4H2,1-2H3;2-5H,1H3;2H,1H3/b11-8-;;;. The van der Waals surface area contributed by atoms with Crippen molar-refractivity contribution in [2.75, 3.05) is 0 Å². The maximum atomic E-state index is 12.3. The summed E-state index contributed by atoms with van der Waals surface area (Å²) in [5.74, 6) is 0.0995. The molecule has 0 fully saturated rings. The van der Waals surface area contributed by atoms with Crippen LogP contribution < -0.4 is 0 Å². The predicted octanol–water partition coefficient (Wildman–Crippen LogP) is 9.38. The van der Waals surface area contributed by atoms with Crippen molar-refractivity contribution in [3.63, 3.8) is 0 Å². The summed E-state index contributed by atoms with van der Waals surface area (Å²) >= 11 is 3.43. The highest BCUT2D eigenvalue weighted by Crippen LogP contribution is 2.26. The van der Waals surface area contributed by atoms with Crippen LogP contribution in [0.3, 0.4) is 0 Å². The fourth-order valence-corrected chi connectivity index (χ4v) is 3.70. The molecule has 4 nitrogen and oxygen atoms in total. The van der Waals surface area contributed by atoms with Gasteiger partial charge in [0.2, 0.25) is 0 Å². The number of nitrogens with zero attached hydrogens (tertiary/aromatic N) is 2. The highest BCUT2D eigenvalue weighted by atomic mass is 79.9. The molecule has 0 saturated carbocycles. The summed E-state index contributed by atoms with van der Waals surface area (Å²) < 4.78 is 15.1. The molecule has 40 heavy (non-hydrogen) atoms. The molecule has 0 bridgehead atoms. The van der Waals surface area contributed by atoms with Gasteiger partial charge in [-0.1, -0.05) is 81.1 Å². The Bertz CT molecular complexity index is 1330. The second-order valence-electron chi connectivity index (χ2n) is 8.83. The molecule has 0 aliphatic carbocycles. The van der Waals surface area contributed by atoms with E-state index in [9.17, 15) is 9.50 Å². The minimum Gasteiger partial charge on any atom is -0.507 e. The van der Waals surface area contributed by atoms with Crippen LogP contribution in [-0.2, 0) is 17.6 Å². The van der Waals surface area contributed by atoms with E-state index in [1.54, 1.807) is 37.4 Å². The number of halogens is 2. The van der Waals surface area contributed by atoms with Gasteiger partial charge in [0.15, 0.2) is 0 Å².